The zero-order chi connectivity index (χ0) is 16.1. The number of carbonyl (C=O) groups is 1. The fraction of sp³-hybridized carbons (Fsp3) is 0.231. The van der Waals surface area contributed by atoms with E-state index in [-0.39, 0.29) is 28.8 Å². The van der Waals surface area contributed by atoms with Gasteiger partial charge in [-0.2, -0.15) is 15.0 Å². The minimum absolute atomic E-state index is 0.00351. The minimum atomic E-state index is -0.439. The average molecular weight is 322 g/mol. The fourth-order valence-electron chi connectivity index (χ4n) is 1.65. The smallest absolute Gasteiger partial charge is 0.237 e. The molecule has 1 amide bonds. The van der Waals surface area contributed by atoms with Crippen molar-refractivity contribution in [2.75, 3.05) is 16.8 Å². The fourth-order valence-corrected chi connectivity index (χ4v) is 2.53. The highest BCUT2D eigenvalue weighted by molar-refractivity contribution is 8.00. The largest absolute Gasteiger partial charge is 0.368 e. The zero-order valence-corrected chi connectivity index (χ0v) is 12.6. The second-order valence-electron chi connectivity index (χ2n) is 4.35. The lowest BCUT2D eigenvalue weighted by Gasteiger charge is -2.14. The van der Waals surface area contributed by atoms with Crippen LogP contribution in [0.2, 0.25) is 0 Å². The lowest BCUT2D eigenvalue weighted by Crippen LogP contribution is -2.25. The van der Waals surface area contributed by atoms with Crippen LogP contribution in [0.1, 0.15) is 13.3 Å². The highest BCUT2D eigenvalue weighted by Gasteiger charge is 2.20. The standard InChI is InChI=1S/C13H15FN6OS/c1-2-9(22-13-19-11(15)18-12(16)20-13)10(21)17-8-5-3-7(14)4-6-8/h3-6,9H,2H2,1H3,(H,17,21)(H4,15,16,18,19,20)/t9-/m1/s1. The summed E-state index contributed by atoms with van der Waals surface area (Å²) >= 11 is 1.14. The lowest BCUT2D eigenvalue weighted by atomic mass is 10.2. The Kier molecular flexibility index (Phi) is 5.10. The number of thioether (sulfide) groups is 1. The number of amides is 1. The van der Waals surface area contributed by atoms with E-state index in [1.807, 2.05) is 6.92 Å². The molecule has 116 valence electrons. The van der Waals surface area contributed by atoms with Gasteiger partial charge in [-0.05, 0) is 30.7 Å². The predicted octanol–water partition coefficient (Wildman–Crippen LogP) is 1.68. The lowest BCUT2D eigenvalue weighted by molar-refractivity contribution is -0.115. The van der Waals surface area contributed by atoms with Crippen LogP contribution in [-0.2, 0) is 4.79 Å². The maximum absolute atomic E-state index is 12.8. The highest BCUT2D eigenvalue weighted by Crippen LogP contribution is 2.24. The molecule has 0 saturated heterocycles. The summed E-state index contributed by atoms with van der Waals surface area (Å²) in [4.78, 5) is 23.8. The summed E-state index contributed by atoms with van der Waals surface area (Å²) in [5.74, 6) is -0.597. The quantitative estimate of drug-likeness (QED) is 0.716. The van der Waals surface area contributed by atoms with Crippen molar-refractivity contribution >= 4 is 35.3 Å². The van der Waals surface area contributed by atoms with Gasteiger partial charge in [-0.15, -0.1) is 0 Å². The Bertz CT molecular complexity index is 646. The summed E-state index contributed by atoms with van der Waals surface area (Å²) in [5.41, 5.74) is 11.5. The number of hydrogen-bond donors (Lipinski definition) is 3. The molecular weight excluding hydrogens is 307 g/mol. The molecule has 0 saturated carbocycles. The van der Waals surface area contributed by atoms with Gasteiger partial charge < -0.3 is 16.8 Å². The maximum Gasteiger partial charge on any atom is 0.237 e. The summed E-state index contributed by atoms with van der Waals surface area (Å²) in [7, 11) is 0. The maximum atomic E-state index is 12.8. The normalized spacial score (nSPS) is 11.9. The molecule has 9 heteroatoms. The number of rotatable bonds is 5. The first-order chi connectivity index (χ1) is 10.5. The van der Waals surface area contributed by atoms with E-state index in [9.17, 15) is 9.18 Å². The van der Waals surface area contributed by atoms with Crippen LogP contribution >= 0.6 is 11.8 Å². The van der Waals surface area contributed by atoms with Gasteiger partial charge in [-0.1, -0.05) is 18.7 Å². The van der Waals surface area contributed by atoms with E-state index >= 15 is 0 Å². The van der Waals surface area contributed by atoms with Crippen molar-refractivity contribution < 1.29 is 9.18 Å². The number of anilines is 3. The second kappa shape index (κ2) is 7.03. The van der Waals surface area contributed by atoms with Crippen molar-refractivity contribution in [1.82, 2.24) is 15.0 Å². The molecule has 1 aromatic carbocycles. The minimum Gasteiger partial charge on any atom is -0.368 e. The molecule has 0 fully saturated rings. The second-order valence-corrected chi connectivity index (χ2v) is 5.52. The summed E-state index contributed by atoms with van der Waals surface area (Å²) in [6.07, 6.45) is 0.545. The monoisotopic (exact) mass is 322 g/mol. The van der Waals surface area contributed by atoms with Crippen LogP contribution in [0.15, 0.2) is 29.4 Å². The van der Waals surface area contributed by atoms with Crippen molar-refractivity contribution in [3.8, 4) is 0 Å². The third kappa shape index (κ3) is 4.29. The number of nitrogen functional groups attached to an aromatic ring is 2. The molecule has 0 aliphatic carbocycles. The van der Waals surface area contributed by atoms with Crippen molar-refractivity contribution in [3.63, 3.8) is 0 Å². The van der Waals surface area contributed by atoms with Gasteiger partial charge in [-0.3, -0.25) is 4.79 Å². The van der Waals surface area contributed by atoms with Crippen molar-refractivity contribution in [2.45, 2.75) is 23.8 Å². The first-order valence-corrected chi connectivity index (χ1v) is 7.36. The van der Waals surface area contributed by atoms with Crippen LogP contribution in [0.4, 0.5) is 22.0 Å². The van der Waals surface area contributed by atoms with E-state index < -0.39 is 5.25 Å². The van der Waals surface area contributed by atoms with Gasteiger partial charge in [-0.25, -0.2) is 4.39 Å². The molecule has 1 aromatic heterocycles. The molecular formula is C13H15FN6OS. The van der Waals surface area contributed by atoms with Crippen molar-refractivity contribution in [3.05, 3.63) is 30.1 Å². The van der Waals surface area contributed by atoms with E-state index in [1.54, 1.807) is 0 Å². The Hall–Kier alpha value is -2.42. The Morgan fingerprint density at radius 2 is 1.82 bits per heavy atom. The highest BCUT2D eigenvalue weighted by atomic mass is 32.2. The van der Waals surface area contributed by atoms with Crippen LogP contribution in [0.3, 0.4) is 0 Å². The summed E-state index contributed by atoms with van der Waals surface area (Å²) in [5, 5.41) is 2.55. The molecule has 0 aliphatic rings. The number of aromatic nitrogens is 3. The summed E-state index contributed by atoms with van der Waals surface area (Å²) < 4.78 is 12.8. The van der Waals surface area contributed by atoms with Gasteiger partial charge in [0, 0.05) is 5.69 Å². The molecule has 0 spiro atoms. The Morgan fingerprint density at radius 3 is 2.36 bits per heavy atom. The number of halogens is 1. The molecule has 22 heavy (non-hydrogen) atoms. The molecule has 0 aliphatic heterocycles. The molecule has 1 atom stereocenters. The number of hydrogen-bond acceptors (Lipinski definition) is 7. The SMILES string of the molecule is CC[C@@H](Sc1nc(N)nc(N)n1)C(=O)Nc1ccc(F)cc1. The number of nitrogens with two attached hydrogens (primary N) is 2. The molecule has 1 heterocycles. The van der Waals surface area contributed by atoms with E-state index in [1.165, 1.54) is 24.3 Å². The van der Waals surface area contributed by atoms with E-state index in [0.29, 0.717) is 12.1 Å². The molecule has 2 aromatic rings. The molecule has 0 unspecified atom stereocenters. The Morgan fingerprint density at radius 1 is 1.23 bits per heavy atom. The molecule has 5 N–H and O–H groups in total. The molecule has 0 bridgehead atoms. The molecule has 7 nitrogen and oxygen atoms in total. The number of nitrogens with one attached hydrogen (secondary N) is 1. The zero-order valence-electron chi connectivity index (χ0n) is 11.8. The summed E-state index contributed by atoms with van der Waals surface area (Å²) in [6.45, 7) is 1.86. The van der Waals surface area contributed by atoms with Gasteiger partial charge in [0.2, 0.25) is 17.8 Å². The van der Waals surface area contributed by atoms with Crippen LogP contribution in [-0.4, -0.2) is 26.1 Å². The number of carbonyl (C=O) groups excluding carboxylic acids is 1. The first-order valence-electron chi connectivity index (χ1n) is 6.48. The summed E-state index contributed by atoms with van der Waals surface area (Å²) in [6, 6.07) is 5.53. The molecule has 2 rings (SSSR count). The van der Waals surface area contributed by atoms with E-state index in [4.69, 9.17) is 11.5 Å². The first kappa shape index (κ1) is 16.0. The third-order valence-corrected chi connectivity index (χ3v) is 3.90. The van der Waals surface area contributed by atoms with Crippen LogP contribution in [0, 0.1) is 5.82 Å². The average Bonchev–Trinajstić information content (AvgIpc) is 2.46. The van der Waals surface area contributed by atoms with Crippen molar-refractivity contribution in [1.29, 1.82) is 0 Å². The van der Waals surface area contributed by atoms with Crippen LogP contribution in [0.5, 0.6) is 0 Å². The van der Waals surface area contributed by atoms with Gasteiger partial charge in [0.05, 0.1) is 5.25 Å². The number of nitrogens with zero attached hydrogens (tertiary/aromatic N) is 3. The Labute approximate surface area is 130 Å². The topological polar surface area (TPSA) is 120 Å². The van der Waals surface area contributed by atoms with E-state index in [0.717, 1.165) is 11.8 Å². The van der Waals surface area contributed by atoms with Gasteiger partial charge in [0.25, 0.3) is 0 Å². The number of benzene rings is 1. The Balaban J connectivity index is 2.06. The van der Waals surface area contributed by atoms with Gasteiger partial charge in [0.1, 0.15) is 5.82 Å². The molecule has 0 radical (unpaired) electrons. The van der Waals surface area contributed by atoms with Gasteiger partial charge >= 0.3 is 0 Å². The van der Waals surface area contributed by atoms with Crippen LogP contribution < -0.4 is 16.8 Å². The van der Waals surface area contributed by atoms with E-state index in [2.05, 4.69) is 20.3 Å². The third-order valence-electron chi connectivity index (χ3n) is 2.67. The van der Waals surface area contributed by atoms with Crippen LogP contribution in [0.25, 0.3) is 0 Å². The van der Waals surface area contributed by atoms with Crippen molar-refractivity contribution in [2.24, 2.45) is 0 Å². The predicted molar refractivity (Wildman–Crippen MR) is 83.6 cm³/mol. The van der Waals surface area contributed by atoms with Gasteiger partial charge in [0.15, 0.2) is 5.16 Å².